The van der Waals surface area contributed by atoms with E-state index in [-0.39, 0.29) is 5.78 Å². The number of aromatic nitrogens is 2. The monoisotopic (exact) mass is 287 g/mol. The minimum atomic E-state index is -0.687. The van der Waals surface area contributed by atoms with Crippen LogP contribution in [0.3, 0.4) is 0 Å². The molecule has 1 heterocycles. The summed E-state index contributed by atoms with van der Waals surface area (Å²) in [6, 6.07) is 7.37. The second-order valence-corrected chi connectivity index (χ2v) is 5.45. The van der Waals surface area contributed by atoms with E-state index in [0.717, 1.165) is 5.56 Å². The number of nitrogens with two attached hydrogens (primary N) is 1. The highest BCUT2D eigenvalue weighted by molar-refractivity contribution is 6.04. The smallest absolute Gasteiger partial charge is 0.194 e. The lowest BCUT2D eigenvalue weighted by atomic mass is 9.79. The summed E-state index contributed by atoms with van der Waals surface area (Å²) >= 11 is 0. The van der Waals surface area contributed by atoms with Crippen LogP contribution >= 0.6 is 0 Å². The van der Waals surface area contributed by atoms with Crippen LogP contribution in [-0.2, 0) is 12.0 Å². The highest BCUT2D eigenvalue weighted by Crippen LogP contribution is 2.31. The van der Waals surface area contributed by atoms with Crippen molar-refractivity contribution in [2.45, 2.75) is 32.7 Å². The van der Waals surface area contributed by atoms with Gasteiger partial charge in [-0.3, -0.25) is 9.48 Å². The van der Waals surface area contributed by atoms with Crippen molar-refractivity contribution in [1.29, 1.82) is 0 Å². The van der Waals surface area contributed by atoms with Gasteiger partial charge in [-0.05, 0) is 38.5 Å². The van der Waals surface area contributed by atoms with Crippen LogP contribution in [0.4, 0.5) is 5.69 Å². The molecule has 2 rings (SSSR count). The number of aryl methyl sites for hydroxylation is 1. The number of nitrogen functional groups attached to an aromatic ring is 1. The summed E-state index contributed by atoms with van der Waals surface area (Å²) in [7, 11) is 1.55. The molecule has 5 nitrogen and oxygen atoms in total. The van der Waals surface area contributed by atoms with Gasteiger partial charge in [0.1, 0.15) is 5.69 Å². The first-order chi connectivity index (χ1) is 9.91. The third-order valence-electron chi connectivity index (χ3n) is 3.74. The van der Waals surface area contributed by atoms with Crippen molar-refractivity contribution in [2.24, 2.45) is 0 Å². The van der Waals surface area contributed by atoms with Gasteiger partial charge in [0.15, 0.2) is 11.5 Å². The first-order valence-corrected chi connectivity index (χ1v) is 6.92. The van der Waals surface area contributed by atoms with E-state index in [0.29, 0.717) is 23.7 Å². The highest BCUT2D eigenvalue weighted by Gasteiger charge is 2.35. The van der Waals surface area contributed by atoms with E-state index in [9.17, 15) is 4.79 Å². The number of anilines is 1. The van der Waals surface area contributed by atoms with Gasteiger partial charge in [-0.1, -0.05) is 12.1 Å². The molecule has 0 spiro atoms. The van der Waals surface area contributed by atoms with Gasteiger partial charge in [0.2, 0.25) is 0 Å². The summed E-state index contributed by atoms with van der Waals surface area (Å²) in [4.78, 5) is 13.0. The Hall–Kier alpha value is -2.30. The van der Waals surface area contributed by atoms with Crippen LogP contribution in [0.5, 0.6) is 5.75 Å². The molecule has 2 N–H and O–H groups in total. The van der Waals surface area contributed by atoms with Gasteiger partial charge in [-0.15, -0.1) is 0 Å². The highest BCUT2D eigenvalue weighted by atomic mass is 16.5. The predicted molar refractivity (Wildman–Crippen MR) is 82.7 cm³/mol. The summed E-state index contributed by atoms with van der Waals surface area (Å²) in [5.74, 6) is 0.480. The Labute approximate surface area is 124 Å². The maximum absolute atomic E-state index is 13.0. The van der Waals surface area contributed by atoms with E-state index in [4.69, 9.17) is 10.5 Å². The van der Waals surface area contributed by atoms with Crippen molar-refractivity contribution < 1.29 is 9.53 Å². The lowest BCUT2D eigenvalue weighted by Crippen LogP contribution is -2.31. The van der Waals surface area contributed by atoms with Gasteiger partial charge in [0.05, 0.1) is 18.7 Å². The Morgan fingerprint density at radius 1 is 1.33 bits per heavy atom. The molecule has 0 bridgehead atoms. The van der Waals surface area contributed by atoms with Crippen LogP contribution in [0.15, 0.2) is 30.5 Å². The van der Waals surface area contributed by atoms with E-state index in [1.807, 2.05) is 32.9 Å². The van der Waals surface area contributed by atoms with E-state index >= 15 is 0 Å². The molecular weight excluding hydrogens is 266 g/mol. The first-order valence-electron chi connectivity index (χ1n) is 6.92. The quantitative estimate of drug-likeness (QED) is 0.678. The Bertz CT molecular complexity index is 621. The van der Waals surface area contributed by atoms with Crippen molar-refractivity contribution in [3.8, 4) is 5.75 Å². The number of carbonyl (C=O) groups is 1. The molecule has 0 fully saturated rings. The minimum Gasteiger partial charge on any atom is -0.493 e. The van der Waals surface area contributed by atoms with Gasteiger partial charge >= 0.3 is 0 Å². The largest absolute Gasteiger partial charge is 0.493 e. The second kappa shape index (κ2) is 5.60. The lowest BCUT2D eigenvalue weighted by Gasteiger charge is -2.24. The molecule has 2 aromatic rings. The molecule has 0 radical (unpaired) electrons. The van der Waals surface area contributed by atoms with Crippen molar-refractivity contribution in [3.63, 3.8) is 0 Å². The van der Waals surface area contributed by atoms with Crippen LogP contribution in [-0.4, -0.2) is 22.7 Å². The normalized spacial score (nSPS) is 11.4. The molecular formula is C16H21N3O2. The zero-order valence-electron chi connectivity index (χ0n) is 12.9. The number of methoxy groups -OCH3 is 1. The third-order valence-corrected chi connectivity index (χ3v) is 3.74. The topological polar surface area (TPSA) is 70.1 Å². The van der Waals surface area contributed by atoms with Crippen LogP contribution in [0.25, 0.3) is 0 Å². The molecule has 5 heteroatoms. The maximum atomic E-state index is 13.0. The van der Waals surface area contributed by atoms with Crippen LogP contribution in [0.2, 0.25) is 0 Å². The van der Waals surface area contributed by atoms with Crippen molar-refractivity contribution in [2.75, 3.05) is 12.8 Å². The number of ether oxygens (including phenoxy) is 1. The van der Waals surface area contributed by atoms with Gasteiger partial charge in [0, 0.05) is 12.2 Å². The number of benzene rings is 1. The van der Waals surface area contributed by atoms with Gasteiger partial charge in [-0.25, -0.2) is 0 Å². The summed E-state index contributed by atoms with van der Waals surface area (Å²) in [5.41, 5.74) is 7.12. The van der Waals surface area contributed by atoms with Gasteiger partial charge in [0.25, 0.3) is 0 Å². The molecule has 1 aromatic carbocycles. The van der Waals surface area contributed by atoms with Crippen molar-refractivity contribution in [1.82, 2.24) is 9.78 Å². The Morgan fingerprint density at radius 2 is 1.95 bits per heavy atom. The Kier molecular flexibility index (Phi) is 4.02. The molecule has 0 aliphatic heterocycles. The fraction of sp³-hybridized carbons (Fsp3) is 0.375. The van der Waals surface area contributed by atoms with Crippen molar-refractivity contribution >= 4 is 11.5 Å². The number of carbonyl (C=O) groups excluding carboxylic acids is 1. The summed E-state index contributed by atoms with van der Waals surface area (Å²) in [5, 5.41) is 4.20. The standard InChI is InChI=1S/C16H21N3O2/c1-5-19-14(13(21-4)10-18-19)15(20)16(2,3)11-6-8-12(17)9-7-11/h6-10H,5,17H2,1-4H3. The maximum Gasteiger partial charge on any atom is 0.194 e. The lowest BCUT2D eigenvalue weighted by molar-refractivity contribution is 0.0894. The molecule has 0 saturated heterocycles. The molecule has 0 atom stereocenters. The SMILES string of the molecule is CCn1ncc(OC)c1C(=O)C(C)(C)c1ccc(N)cc1. The molecule has 21 heavy (non-hydrogen) atoms. The van der Waals surface area contributed by atoms with Crippen molar-refractivity contribution in [3.05, 3.63) is 41.7 Å². The fourth-order valence-electron chi connectivity index (χ4n) is 2.31. The average Bonchev–Trinajstić information content (AvgIpc) is 2.89. The van der Waals surface area contributed by atoms with E-state index in [1.54, 1.807) is 30.1 Å². The number of hydrogen-bond donors (Lipinski definition) is 1. The Morgan fingerprint density at radius 3 is 2.48 bits per heavy atom. The minimum absolute atomic E-state index is 0.0246. The molecule has 0 amide bonds. The number of Topliss-reactive ketones (excluding diaryl/α,β-unsaturated/α-hetero) is 1. The molecule has 0 saturated carbocycles. The summed E-state index contributed by atoms with van der Waals surface area (Å²) in [6.45, 7) is 6.35. The zero-order chi connectivity index (χ0) is 15.6. The first kappa shape index (κ1) is 15.1. The number of hydrogen-bond acceptors (Lipinski definition) is 4. The summed E-state index contributed by atoms with van der Waals surface area (Å²) < 4.78 is 6.94. The Balaban J connectivity index is 2.47. The third kappa shape index (κ3) is 2.63. The predicted octanol–water partition coefficient (Wildman–Crippen LogP) is 2.65. The van der Waals surface area contributed by atoms with Crippen LogP contribution < -0.4 is 10.5 Å². The second-order valence-electron chi connectivity index (χ2n) is 5.45. The molecule has 0 unspecified atom stereocenters. The average molecular weight is 287 g/mol. The zero-order valence-corrected chi connectivity index (χ0v) is 12.9. The molecule has 0 aliphatic rings. The van der Waals surface area contributed by atoms with Gasteiger partial charge < -0.3 is 10.5 Å². The number of rotatable bonds is 5. The fourth-order valence-corrected chi connectivity index (χ4v) is 2.31. The van der Waals surface area contributed by atoms with Crippen LogP contribution in [0, 0.1) is 0 Å². The molecule has 112 valence electrons. The number of nitrogens with zero attached hydrogens (tertiary/aromatic N) is 2. The van der Waals surface area contributed by atoms with E-state index in [1.165, 1.54) is 0 Å². The molecule has 1 aromatic heterocycles. The van der Waals surface area contributed by atoms with Gasteiger partial charge in [-0.2, -0.15) is 5.10 Å². The van der Waals surface area contributed by atoms with E-state index < -0.39 is 5.41 Å². The molecule has 0 aliphatic carbocycles. The number of ketones is 1. The van der Waals surface area contributed by atoms with Crippen LogP contribution in [0.1, 0.15) is 36.8 Å². The van der Waals surface area contributed by atoms with E-state index in [2.05, 4.69) is 5.10 Å². The summed E-state index contributed by atoms with van der Waals surface area (Å²) in [6.07, 6.45) is 1.58.